The third-order valence-corrected chi connectivity index (χ3v) is 6.41. The molecule has 12 nitrogen and oxygen atoms in total. The lowest BCUT2D eigenvalue weighted by Crippen LogP contribution is -2.40. The number of hydrogen-bond donors (Lipinski definition) is 4. The SMILES string of the molecule is CC(=O)Nc1ccc2c(c1)C(=O)N(CC1Cc3c(sc(NC(=O)C(=O)O)c3C(=O)O)CO1)C2=O. The summed E-state index contributed by atoms with van der Waals surface area (Å²) in [5.74, 6) is -5.93. The van der Waals surface area contributed by atoms with Gasteiger partial charge in [-0.2, -0.15) is 0 Å². The van der Waals surface area contributed by atoms with E-state index in [0.29, 0.717) is 16.1 Å². The minimum atomic E-state index is -1.76. The van der Waals surface area contributed by atoms with Crippen molar-refractivity contribution in [1.82, 2.24) is 4.90 Å². The number of carbonyl (C=O) groups is 6. The van der Waals surface area contributed by atoms with Gasteiger partial charge in [0.25, 0.3) is 11.8 Å². The number of aliphatic carboxylic acids is 1. The first-order valence-electron chi connectivity index (χ1n) is 9.88. The van der Waals surface area contributed by atoms with Crippen LogP contribution in [-0.4, -0.2) is 63.3 Å². The lowest BCUT2D eigenvalue weighted by molar-refractivity contribution is -0.147. The van der Waals surface area contributed by atoms with Gasteiger partial charge in [0.05, 0.1) is 35.9 Å². The zero-order chi connectivity index (χ0) is 24.7. The second-order valence-corrected chi connectivity index (χ2v) is 8.68. The average Bonchev–Trinajstić information content (AvgIpc) is 3.23. The first-order valence-corrected chi connectivity index (χ1v) is 10.7. The molecule has 2 aliphatic heterocycles. The van der Waals surface area contributed by atoms with Gasteiger partial charge in [0.15, 0.2) is 0 Å². The van der Waals surface area contributed by atoms with Gasteiger partial charge in [-0.25, -0.2) is 9.59 Å². The van der Waals surface area contributed by atoms with Crippen LogP contribution in [0.1, 0.15) is 48.4 Å². The molecule has 0 bridgehead atoms. The van der Waals surface area contributed by atoms with Gasteiger partial charge in [0.2, 0.25) is 5.91 Å². The number of nitrogens with zero attached hydrogens (tertiary/aromatic N) is 1. The Labute approximate surface area is 195 Å². The second-order valence-electron chi connectivity index (χ2n) is 7.57. The standard InChI is InChI=1S/C21H17N3O9S/c1-8(25)22-9-2-3-11-12(4-9)19(28)24(18(11)27)6-10-5-13-14(7-33-10)34-17(15(13)20(29)30)23-16(26)21(31)32/h2-4,10H,5-7H2,1H3,(H,22,25)(H,23,26)(H,29,30)(H,31,32). The molecule has 176 valence electrons. The van der Waals surface area contributed by atoms with Gasteiger partial charge in [-0.1, -0.05) is 0 Å². The third kappa shape index (κ3) is 4.13. The van der Waals surface area contributed by atoms with E-state index in [-0.39, 0.29) is 47.2 Å². The summed E-state index contributed by atoms with van der Waals surface area (Å²) in [4.78, 5) is 72.6. The highest BCUT2D eigenvalue weighted by molar-refractivity contribution is 7.17. The molecule has 2 aromatic rings. The van der Waals surface area contributed by atoms with E-state index in [1.54, 1.807) is 0 Å². The van der Waals surface area contributed by atoms with Crippen molar-refractivity contribution in [3.8, 4) is 0 Å². The minimum Gasteiger partial charge on any atom is -0.478 e. The highest BCUT2D eigenvalue weighted by Crippen LogP contribution is 2.38. The van der Waals surface area contributed by atoms with E-state index in [2.05, 4.69) is 10.6 Å². The van der Waals surface area contributed by atoms with Crippen molar-refractivity contribution in [2.75, 3.05) is 17.2 Å². The number of carboxylic acids is 2. The zero-order valence-corrected chi connectivity index (χ0v) is 18.4. The van der Waals surface area contributed by atoms with Crippen molar-refractivity contribution in [1.29, 1.82) is 0 Å². The summed E-state index contributed by atoms with van der Waals surface area (Å²) in [6.45, 7) is 1.13. The van der Waals surface area contributed by atoms with E-state index < -0.39 is 35.8 Å². The predicted octanol–water partition coefficient (Wildman–Crippen LogP) is 1.17. The number of carboxylic acid groups (broad SMARTS) is 2. The van der Waals surface area contributed by atoms with E-state index >= 15 is 0 Å². The molecular formula is C21H17N3O9S. The molecule has 1 aromatic carbocycles. The monoisotopic (exact) mass is 487 g/mol. The van der Waals surface area contributed by atoms with Gasteiger partial charge in [0.1, 0.15) is 5.00 Å². The van der Waals surface area contributed by atoms with E-state index in [4.69, 9.17) is 9.84 Å². The zero-order valence-electron chi connectivity index (χ0n) is 17.5. The topological polar surface area (TPSA) is 179 Å². The molecule has 0 saturated heterocycles. The van der Waals surface area contributed by atoms with Gasteiger partial charge < -0.3 is 25.6 Å². The number of anilines is 2. The van der Waals surface area contributed by atoms with Crippen molar-refractivity contribution >= 4 is 57.6 Å². The highest BCUT2D eigenvalue weighted by atomic mass is 32.1. The van der Waals surface area contributed by atoms with Gasteiger partial charge in [0, 0.05) is 23.9 Å². The summed E-state index contributed by atoms with van der Waals surface area (Å²) in [6.07, 6.45) is -0.693. The number of carbonyl (C=O) groups excluding carboxylic acids is 4. The van der Waals surface area contributed by atoms with Gasteiger partial charge >= 0.3 is 17.8 Å². The number of fused-ring (bicyclic) bond motifs is 2. The predicted molar refractivity (Wildman–Crippen MR) is 116 cm³/mol. The Hall–Kier alpha value is -4.10. The van der Waals surface area contributed by atoms with Crippen molar-refractivity contribution < 1.29 is 43.7 Å². The highest BCUT2D eigenvalue weighted by Gasteiger charge is 2.39. The Kier molecular flexibility index (Phi) is 5.89. The second kappa shape index (κ2) is 8.68. The molecule has 4 N–H and O–H groups in total. The molecule has 1 aromatic heterocycles. The largest absolute Gasteiger partial charge is 0.478 e. The van der Waals surface area contributed by atoms with Crippen molar-refractivity contribution in [2.24, 2.45) is 0 Å². The van der Waals surface area contributed by atoms with Gasteiger partial charge in [-0.05, 0) is 23.8 Å². The lowest BCUT2D eigenvalue weighted by atomic mass is 10.0. The summed E-state index contributed by atoms with van der Waals surface area (Å²) in [7, 11) is 0. The molecule has 34 heavy (non-hydrogen) atoms. The summed E-state index contributed by atoms with van der Waals surface area (Å²) in [5, 5.41) is 22.9. The van der Waals surface area contributed by atoms with Gasteiger partial charge in [-0.3, -0.25) is 24.1 Å². The lowest BCUT2D eigenvalue weighted by Gasteiger charge is -2.26. The fraction of sp³-hybridized carbons (Fsp3) is 0.238. The van der Waals surface area contributed by atoms with Crippen LogP contribution >= 0.6 is 11.3 Å². The summed E-state index contributed by atoms with van der Waals surface area (Å²) in [5.41, 5.74) is 0.779. The Morgan fingerprint density at radius 1 is 1.12 bits per heavy atom. The summed E-state index contributed by atoms with van der Waals surface area (Å²) < 4.78 is 5.72. The maximum atomic E-state index is 12.9. The van der Waals surface area contributed by atoms with Crippen LogP contribution in [0.2, 0.25) is 0 Å². The number of imide groups is 1. The van der Waals surface area contributed by atoms with Crippen LogP contribution in [0.5, 0.6) is 0 Å². The fourth-order valence-electron chi connectivity index (χ4n) is 3.85. The molecule has 0 fully saturated rings. The van der Waals surface area contributed by atoms with Crippen LogP contribution in [-0.2, 0) is 32.1 Å². The molecule has 1 unspecified atom stereocenters. The number of thiophene rings is 1. The Morgan fingerprint density at radius 3 is 2.47 bits per heavy atom. The molecule has 4 amide bonds. The minimum absolute atomic E-state index is 0.0287. The van der Waals surface area contributed by atoms with E-state index in [1.807, 2.05) is 0 Å². The smallest absolute Gasteiger partial charge is 0.394 e. The Bertz CT molecular complexity index is 1280. The molecule has 2 aliphatic rings. The molecule has 0 spiro atoms. The number of ether oxygens (including phenoxy) is 1. The maximum absolute atomic E-state index is 12.9. The van der Waals surface area contributed by atoms with Crippen LogP contribution < -0.4 is 10.6 Å². The van der Waals surface area contributed by atoms with Crippen LogP contribution in [0.15, 0.2) is 18.2 Å². The number of rotatable bonds is 5. The number of amides is 4. The number of hydrogen-bond acceptors (Lipinski definition) is 8. The van der Waals surface area contributed by atoms with Crippen molar-refractivity contribution in [3.05, 3.63) is 45.3 Å². The molecular weight excluding hydrogens is 470 g/mol. The molecule has 0 aliphatic carbocycles. The van der Waals surface area contributed by atoms with E-state index in [1.165, 1.54) is 25.1 Å². The van der Waals surface area contributed by atoms with Crippen LogP contribution in [0.4, 0.5) is 10.7 Å². The molecule has 1 atom stereocenters. The normalized spacial score (nSPS) is 16.6. The molecule has 4 rings (SSSR count). The third-order valence-electron chi connectivity index (χ3n) is 5.29. The van der Waals surface area contributed by atoms with E-state index in [9.17, 15) is 33.9 Å². The maximum Gasteiger partial charge on any atom is 0.394 e. The first kappa shape index (κ1) is 23.1. The Balaban J connectivity index is 1.55. The summed E-state index contributed by atoms with van der Waals surface area (Å²) >= 11 is 0.895. The molecule has 0 radical (unpaired) electrons. The van der Waals surface area contributed by atoms with E-state index in [0.717, 1.165) is 16.2 Å². The molecule has 3 heterocycles. The number of benzene rings is 1. The van der Waals surface area contributed by atoms with Crippen LogP contribution in [0, 0.1) is 0 Å². The molecule has 0 saturated carbocycles. The van der Waals surface area contributed by atoms with Crippen molar-refractivity contribution in [3.63, 3.8) is 0 Å². The first-order chi connectivity index (χ1) is 16.1. The molecule has 13 heteroatoms. The van der Waals surface area contributed by atoms with Crippen molar-refractivity contribution in [2.45, 2.75) is 26.1 Å². The number of nitrogens with one attached hydrogen (secondary N) is 2. The fourth-order valence-corrected chi connectivity index (χ4v) is 4.99. The van der Waals surface area contributed by atoms with Crippen LogP contribution in [0.3, 0.4) is 0 Å². The summed E-state index contributed by atoms with van der Waals surface area (Å²) in [6, 6.07) is 4.37. The number of aromatic carboxylic acids is 1. The van der Waals surface area contributed by atoms with Crippen LogP contribution in [0.25, 0.3) is 0 Å². The van der Waals surface area contributed by atoms with Gasteiger partial charge in [-0.15, -0.1) is 11.3 Å². The average molecular weight is 487 g/mol. The Morgan fingerprint density at radius 2 is 1.82 bits per heavy atom. The quantitative estimate of drug-likeness (QED) is 0.356.